The average molecular weight is 314 g/mol. The maximum absolute atomic E-state index is 11.5. The number of para-hydroxylation sites is 1. The Morgan fingerprint density at radius 2 is 1.95 bits per heavy atom. The fraction of sp³-hybridized carbons (Fsp3) is 0.562. The third kappa shape index (κ3) is 4.35. The summed E-state index contributed by atoms with van der Waals surface area (Å²) in [5, 5.41) is 3.14. The Bertz CT molecular complexity index is 485. The number of halogens is 1. The molecule has 2 atom stereocenters. The third-order valence-electron chi connectivity index (χ3n) is 3.56. The Labute approximate surface area is 132 Å². The molecule has 1 fully saturated rings. The Hall–Kier alpha value is -1.26. The van der Waals surface area contributed by atoms with E-state index in [0.717, 1.165) is 5.75 Å². The first-order valence-corrected chi connectivity index (χ1v) is 6.99. The summed E-state index contributed by atoms with van der Waals surface area (Å²) in [5.74, 6) is 0.678. The fourth-order valence-electron chi connectivity index (χ4n) is 2.48. The van der Waals surface area contributed by atoms with Gasteiger partial charge >= 0.3 is 5.97 Å². The zero-order chi connectivity index (χ0) is 14.8. The maximum Gasteiger partial charge on any atom is 0.323 e. The van der Waals surface area contributed by atoms with E-state index in [9.17, 15) is 4.79 Å². The van der Waals surface area contributed by atoms with Crippen LogP contribution in [0.2, 0.25) is 0 Å². The minimum Gasteiger partial charge on any atom is -0.489 e. The van der Waals surface area contributed by atoms with E-state index in [0.29, 0.717) is 13.0 Å². The van der Waals surface area contributed by atoms with Gasteiger partial charge in [0.1, 0.15) is 17.9 Å². The van der Waals surface area contributed by atoms with Gasteiger partial charge in [0.05, 0.1) is 7.11 Å². The molecule has 2 unspecified atom stereocenters. The van der Waals surface area contributed by atoms with Crippen LogP contribution in [0.1, 0.15) is 32.8 Å². The van der Waals surface area contributed by atoms with Crippen molar-refractivity contribution in [3.05, 3.63) is 29.8 Å². The topological polar surface area (TPSA) is 47.6 Å². The van der Waals surface area contributed by atoms with Crippen LogP contribution >= 0.6 is 12.4 Å². The molecule has 4 nitrogen and oxygen atoms in total. The maximum atomic E-state index is 11.5. The Balaban J connectivity index is 0.00000220. The van der Waals surface area contributed by atoms with Gasteiger partial charge in [0.2, 0.25) is 0 Å². The van der Waals surface area contributed by atoms with Gasteiger partial charge in [-0.3, -0.25) is 4.79 Å². The molecule has 2 rings (SSSR count). The van der Waals surface area contributed by atoms with Gasteiger partial charge in [0.25, 0.3) is 0 Å². The first-order valence-electron chi connectivity index (χ1n) is 6.99. The summed E-state index contributed by atoms with van der Waals surface area (Å²) in [6.07, 6.45) is 0.646. The Morgan fingerprint density at radius 1 is 1.29 bits per heavy atom. The molecular formula is C16H24ClNO3. The number of nitrogens with one attached hydrogen (secondary N) is 1. The highest BCUT2D eigenvalue weighted by Gasteiger charge is 2.32. The van der Waals surface area contributed by atoms with Gasteiger partial charge in [0.15, 0.2) is 0 Å². The molecule has 118 valence electrons. The molecule has 0 radical (unpaired) electrons. The molecule has 0 saturated carbocycles. The quantitative estimate of drug-likeness (QED) is 0.872. The zero-order valence-corrected chi connectivity index (χ0v) is 13.8. The number of benzene rings is 1. The van der Waals surface area contributed by atoms with E-state index in [1.807, 2.05) is 18.2 Å². The molecule has 5 heteroatoms. The van der Waals surface area contributed by atoms with Crippen LogP contribution in [0.15, 0.2) is 24.3 Å². The van der Waals surface area contributed by atoms with Crippen molar-refractivity contribution in [3.63, 3.8) is 0 Å². The zero-order valence-electron chi connectivity index (χ0n) is 13.0. The average Bonchev–Trinajstić information content (AvgIpc) is 2.86. The van der Waals surface area contributed by atoms with E-state index in [-0.39, 0.29) is 35.9 Å². The second-order valence-corrected chi connectivity index (χ2v) is 6.21. The summed E-state index contributed by atoms with van der Waals surface area (Å²) in [6.45, 7) is 7.16. The summed E-state index contributed by atoms with van der Waals surface area (Å²) in [7, 11) is 1.41. The van der Waals surface area contributed by atoms with Crippen LogP contribution in [0.3, 0.4) is 0 Å². The van der Waals surface area contributed by atoms with Crippen LogP contribution in [0.25, 0.3) is 0 Å². The number of hydrogen-bond donors (Lipinski definition) is 1. The highest BCUT2D eigenvalue weighted by atomic mass is 35.5. The van der Waals surface area contributed by atoms with Crippen LogP contribution in [-0.4, -0.2) is 31.8 Å². The van der Waals surface area contributed by atoms with Crippen molar-refractivity contribution in [1.82, 2.24) is 5.32 Å². The molecule has 1 saturated heterocycles. The number of carbonyl (C=O) groups excluding carboxylic acids is 1. The standard InChI is InChI=1S/C16H23NO3.ClH/c1-16(2,3)12-7-5-6-8-14(12)20-11-9-13(17-10-11)15(18)19-4;/h5-8,11,13,17H,9-10H2,1-4H3;1H. The molecule has 1 aromatic carbocycles. The first-order chi connectivity index (χ1) is 9.41. The lowest BCUT2D eigenvalue weighted by Crippen LogP contribution is -2.31. The second kappa shape index (κ2) is 7.14. The fourth-order valence-corrected chi connectivity index (χ4v) is 2.48. The summed E-state index contributed by atoms with van der Waals surface area (Å²) < 4.78 is 10.8. The van der Waals surface area contributed by atoms with Crippen molar-refractivity contribution >= 4 is 18.4 Å². The predicted octanol–water partition coefficient (Wildman–Crippen LogP) is 2.69. The minimum absolute atomic E-state index is 0. The van der Waals surface area contributed by atoms with E-state index in [1.165, 1.54) is 12.7 Å². The van der Waals surface area contributed by atoms with Crippen molar-refractivity contribution in [2.45, 2.75) is 44.8 Å². The molecule has 1 N–H and O–H groups in total. The molecule has 1 aliphatic heterocycles. The molecule has 1 aliphatic rings. The van der Waals surface area contributed by atoms with Crippen LogP contribution in [0.5, 0.6) is 5.75 Å². The lowest BCUT2D eigenvalue weighted by atomic mass is 9.86. The van der Waals surface area contributed by atoms with Gasteiger partial charge in [-0.2, -0.15) is 0 Å². The van der Waals surface area contributed by atoms with E-state index in [4.69, 9.17) is 9.47 Å². The monoisotopic (exact) mass is 313 g/mol. The normalized spacial score (nSPS) is 21.5. The lowest BCUT2D eigenvalue weighted by molar-refractivity contribution is -0.142. The minimum atomic E-state index is -0.258. The van der Waals surface area contributed by atoms with Crippen molar-refractivity contribution in [2.24, 2.45) is 0 Å². The predicted molar refractivity (Wildman–Crippen MR) is 85.2 cm³/mol. The highest BCUT2D eigenvalue weighted by molar-refractivity contribution is 5.85. The van der Waals surface area contributed by atoms with Gasteiger partial charge < -0.3 is 14.8 Å². The number of esters is 1. The largest absolute Gasteiger partial charge is 0.489 e. The molecule has 21 heavy (non-hydrogen) atoms. The molecule has 0 aromatic heterocycles. The second-order valence-electron chi connectivity index (χ2n) is 6.21. The van der Waals surface area contributed by atoms with Crippen LogP contribution in [-0.2, 0) is 14.9 Å². The summed E-state index contributed by atoms with van der Waals surface area (Å²) in [5.41, 5.74) is 1.21. The van der Waals surface area contributed by atoms with Gasteiger partial charge in [-0.1, -0.05) is 39.0 Å². The number of carbonyl (C=O) groups is 1. The molecule has 1 aromatic rings. The number of hydrogen-bond acceptors (Lipinski definition) is 4. The Morgan fingerprint density at radius 3 is 2.57 bits per heavy atom. The van der Waals surface area contributed by atoms with Gasteiger partial charge in [-0.15, -0.1) is 12.4 Å². The molecule has 1 heterocycles. The SMILES string of the molecule is COC(=O)C1CC(Oc2ccccc2C(C)(C)C)CN1.Cl. The summed E-state index contributed by atoms with van der Waals surface area (Å²) >= 11 is 0. The number of rotatable bonds is 3. The van der Waals surface area contributed by atoms with Gasteiger partial charge in [-0.05, 0) is 17.0 Å². The first kappa shape index (κ1) is 17.8. The van der Waals surface area contributed by atoms with Crippen molar-refractivity contribution < 1.29 is 14.3 Å². The van der Waals surface area contributed by atoms with E-state index < -0.39 is 0 Å². The molecule has 0 aliphatic carbocycles. The number of ether oxygens (including phenoxy) is 2. The molecule has 0 amide bonds. The van der Waals surface area contributed by atoms with Crippen molar-refractivity contribution in [2.75, 3.05) is 13.7 Å². The van der Waals surface area contributed by atoms with E-state index in [2.05, 4.69) is 32.2 Å². The lowest BCUT2D eigenvalue weighted by Gasteiger charge is -2.24. The highest BCUT2D eigenvalue weighted by Crippen LogP contribution is 2.32. The van der Waals surface area contributed by atoms with E-state index >= 15 is 0 Å². The summed E-state index contributed by atoms with van der Waals surface area (Å²) in [6, 6.07) is 7.83. The third-order valence-corrected chi connectivity index (χ3v) is 3.56. The van der Waals surface area contributed by atoms with Crippen LogP contribution in [0.4, 0.5) is 0 Å². The smallest absolute Gasteiger partial charge is 0.323 e. The molecule has 0 bridgehead atoms. The molecular weight excluding hydrogens is 290 g/mol. The Kier molecular flexibility index (Phi) is 6.05. The van der Waals surface area contributed by atoms with Crippen molar-refractivity contribution in [1.29, 1.82) is 0 Å². The van der Waals surface area contributed by atoms with Crippen LogP contribution < -0.4 is 10.1 Å². The van der Waals surface area contributed by atoms with Crippen LogP contribution in [0, 0.1) is 0 Å². The summed E-state index contributed by atoms with van der Waals surface area (Å²) in [4.78, 5) is 11.5. The molecule has 0 spiro atoms. The van der Waals surface area contributed by atoms with E-state index in [1.54, 1.807) is 0 Å². The van der Waals surface area contributed by atoms with Gasteiger partial charge in [0, 0.05) is 13.0 Å². The van der Waals surface area contributed by atoms with Crippen molar-refractivity contribution in [3.8, 4) is 5.75 Å². The van der Waals surface area contributed by atoms with Gasteiger partial charge in [-0.25, -0.2) is 0 Å². The number of methoxy groups -OCH3 is 1.